The van der Waals surface area contributed by atoms with E-state index in [1.165, 1.54) is 0 Å². The maximum Gasteiger partial charge on any atom is 0.251 e. The minimum absolute atomic E-state index is 0.0546. The van der Waals surface area contributed by atoms with Gasteiger partial charge in [-0.3, -0.25) is 9.78 Å². The first-order chi connectivity index (χ1) is 12.9. The number of benzene rings is 1. The van der Waals surface area contributed by atoms with Crippen molar-refractivity contribution in [3.05, 3.63) is 63.4 Å². The predicted octanol–water partition coefficient (Wildman–Crippen LogP) is 4.17. The van der Waals surface area contributed by atoms with Gasteiger partial charge in [-0.1, -0.05) is 23.2 Å². The molecule has 1 aliphatic heterocycles. The molecule has 0 aliphatic carbocycles. The molecule has 27 heavy (non-hydrogen) atoms. The molecule has 3 heterocycles. The van der Waals surface area contributed by atoms with E-state index >= 15 is 0 Å². The van der Waals surface area contributed by atoms with Crippen molar-refractivity contribution in [3.8, 4) is 0 Å². The lowest BCUT2D eigenvalue weighted by Gasteiger charge is -2.40. The second-order valence-corrected chi connectivity index (χ2v) is 7.69. The Morgan fingerprint density at radius 1 is 1.19 bits per heavy atom. The Morgan fingerprint density at radius 3 is 2.70 bits per heavy atom. The number of carbonyl (C=O) groups excluding carboxylic acids is 1. The van der Waals surface area contributed by atoms with Crippen LogP contribution in [0.4, 0.5) is 5.82 Å². The molecule has 7 heteroatoms. The molecule has 1 aromatic carbocycles. The lowest BCUT2D eigenvalue weighted by atomic mass is 10.0. The fourth-order valence-electron chi connectivity index (χ4n) is 3.36. The number of hydrogen-bond donors (Lipinski definition) is 1. The van der Waals surface area contributed by atoms with Crippen LogP contribution in [0.15, 0.2) is 36.5 Å². The third kappa shape index (κ3) is 3.57. The zero-order valence-electron chi connectivity index (χ0n) is 15.0. The van der Waals surface area contributed by atoms with Gasteiger partial charge in [0.15, 0.2) is 0 Å². The second-order valence-electron chi connectivity index (χ2n) is 6.85. The molecule has 5 nitrogen and oxygen atoms in total. The third-order valence-corrected chi connectivity index (χ3v) is 5.20. The highest BCUT2D eigenvalue weighted by molar-refractivity contribution is 6.36. The maximum atomic E-state index is 12.6. The zero-order valence-corrected chi connectivity index (χ0v) is 16.5. The first-order valence-corrected chi connectivity index (χ1v) is 9.41. The van der Waals surface area contributed by atoms with Gasteiger partial charge in [0.1, 0.15) is 5.82 Å². The van der Waals surface area contributed by atoms with Crippen LogP contribution >= 0.6 is 23.2 Å². The van der Waals surface area contributed by atoms with Crippen molar-refractivity contribution in [3.63, 3.8) is 0 Å². The molecular formula is C20H18Cl2N4O. The molecule has 1 amide bonds. The molecular weight excluding hydrogens is 383 g/mol. The number of aryl methyl sites for hydroxylation is 2. The molecule has 0 radical (unpaired) electrons. The first-order valence-electron chi connectivity index (χ1n) is 8.65. The quantitative estimate of drug-likeness (QED) is 0.716. The molecule has 0 atom stereocenters. The van der Waals surface area contributed by atoms with Crippen LogP contribution in [-0.4, -0.2) is 35.0 Å². The lowest BCUT2D eigenvalue weighted by molar-refractivity contribution is 0.0930. The van der Waals surface area contributed by atoms with Crippen LogP contribution in [0.3, 0.4) is 0 Å². The lowest BCUT2D eigenvalue weighted by Crippen LogP contribution is -2.59. The average Bonchev–Trinajstić information content (AvgIpc) is 2.58. The van der Waals surface area contributed by atoms with E-state index in [1.54, 1.807) is 12.3 Å². The Labute approximate surface area is 167 Å². The summed E-state index contributed by atoms with van der Waals surface area (Å²) in [4.78, 5) is 23.4. The monoisotopic (exact) mass is 400 g/mol. The summed E-state index contributed by atoms with van der Waals surface area (Å²) in [6.07, 6.45) is 1.57. The van der Waals surface area contributed by atoms with Crippen LogP contribution in [0.2, 0.25) is 10.0 Å². The zero-order chi connectivity index (χ0) is 19.1. The van der Waals surface area contributed by atoms with Crippen molar-refractivity contribution >= 4 is 45.8 Å². The fourth-order valence-corrected chi connectivity index (χ4v) is 3.86. The Morgan fingerprint density at radius 2 is 1.96 bits per heavy atom. The number of halogens is 2. The van der Waals surface area contributed by atoms with Gasteiger partial charge >= 0.3 is 0 Å². The smallest absolute Gasteiger partial charge is 0.251 e. The molecule has 1 N–H and O–H groups in total. The average molecular weight is 401 g/mol. The summed E-state index contributed by atoms with van der Waals surface area (Å²) in [5.74, 6) is 0.603. The summed E-state index contributed by atoms with van der Waals surface area (Å²) >= 11 is 12.1. The summed E-state index contributed by atoms with van der Waals surface area (Å²) in [5.41, 5.74) is 3.63. The molecule has 1 fully saturated rings. The third-order valence-electron chi connectivity index (χ3n) is 4.71. The number of carbonyl (C=O) groups is 1. The van der Waals surface area contributed by atoms with Gasteiger partial charge in [-0.15, -0.1) is 0 Å². The van der Waals surface area contributed by atoms with E-state index in [0.29, 0.717) is 34.5 Å². The van der Waals surface area contributed by atoms with Gasteiger partial charge in [0.05, 0.1) is 21.6 Å². The van der Waals surface area contributed by atoms with Crippen molar-refractivity contribution in [2.24, 2.45) is 0 Å². The van der Waals surface area contributed by atoms with Crippen molar-refractivity contribution < 1.29 is 4.79 Å². The van der Waals surface area contributed by atoms with Crippen molar-refractivity contribution in [1.82, 2.24) is 15.3 Å². The van der Waals surface area contributed by atoms with E-state index in [4.69, 9.17) is 23.2 Å². The van der Waals surface area contributed by atoms with E-state index in [9.17, 15) is 4.79 Å². The van der Waals surface area contributed by atoms with Gasteiger partial charge in [-0.25, -0.2) is 4.98 Å². The molecule has 0 bridgehead atoms. The molecule has 0 unspecified atom stereocenters. The number of fused-ring (bicyclic) bond motifs is 1. The molecule has 1 saturated heterocycles. The molecule has 0 spiro atoms. The minimum Gasteiger partial charge on any atom is -0.351 e. The molecule has 138 valence electrons. The highest BCUT2D eigenvalue weighted by Crippen LogP contribution is 2.29. The highest BCUT2D eigenvalue weighted by atomic mass is 35.5. The van der Waals surface area contributed by atoms with E-state index in [0.717, 1.165) is 22.2 Å². The van der Waals surface area contributed by atoms with Gasteiger partial charge in [0.25, 0.3) is 5.91 Å². The predicted molar refractivity (Wildman–Crippen MR) is 109 cm³/mol. The van der Waals surface area contributed by atoms with Gasteiger partial charge in [0, 0.05) is 35.9 Å². The normalized spacial score (nSPS) is 14.3. The Bertz CT molecular complexity index is 1050. The highest BCUT2D eigenvalue weighted by Gasteiger charge is 2.30. The molecule has 0 saturated carbocycles. The summed E-state index contributed by atoms with van der Waals surface area (Å²) in [5, 5.41) is 5.08. The van der Waals surface area contributed by atoms with Gasteiger partial charge in [-0.05, 0) is 49.7 Å². The van der Waals surface area contributed by atoms with Crippen LogP contribution in [0, 0.1) is 13.8 Å². The van der Waals surface area contributed by atoms with Gasteiger partial charge < -0.3 is 10.2 Å². The number of amides is 1. The van der Waals surface area contributed by atoms with Crippen LogP contribution < -0.4 is 10.2 Å². The number of rotatable bonds is 3. The molecule has 2 aromatic heterocycles. The summed E-state index contributed by atoms with van der Waals surface area (Å²) in [7, 11) is 0. The molecule has 3 aromatic rings. The molecule has 4 rings (SSSR count). The van der Waals surface area contributed by atoms with Crippen LogP contribution in [0.5, 0.6) is 0 Å². The van der Waals surface area contributed by atoms with E-state index in [1.807, 2.05) is 43.0 Å². The summed E-state index contributed by atoms with van der Waals surface area (Å²) in [6, 6.07) is 9.37. The number of hydrogen-bond acceptors (Lipinski definition) is 4. The van der Waals surface area contributed by atoms with Crippen LogP contribution in [-0.2, 0) is 0 Å². The standard InChI is InChI=1S/C20H18Cl2N4O/c1-11-5-12(2)24-18-4-3-13(6-16(11)18)20(27)25-15-9-26(10-15)19-17(22)7-14(21)8-23-19/h3-8,15H,9-10H2,1-2H3,(H,25,27). The van der Waals surface area contributed by atoms with E-state index in [2.05, 4.69) is 15.3 Å². The maximum absolute atomic E-state index is 12.6. The van der Waals surface area contributed by atoms with Crippen molar-refractivity contribution in [2.75, 3.05) is 18.0 Å². The first kappa shape index (κ1) is 18.0. The largest absolute Gasteiger partial charge is 0.351 e. The number of anilines is 1. The van der Waals surface area contributed by atoms with Crippen LogP contribution in [0.25, 0.3) is 10.9 Å². The van der Waals surface area contributed by atoms with Gasteiger partial charge in [-0.2, -0.15) is 0 Å². The van der Waals surface area contributed by atoms with E-state index < -0.39 is 0 Å². The fraction of sp³-hybridized carbons (Fsp3) is 0.250. The SMILES string of the molecule is Cc1cc(C)c2cc(C(=O)NC3CN(c4ncc(Cl)cc4Cl)C3)ccc2n1. The van der Waals surface area contributed by atoms with Crippen molar-refractivity contribution in [1.29, 1.82) is 0 Å². The van der Waals surface area contributed by atoms with Gasteiger partial charge in [0.2, 0.25) is 0 Å². The summed E-state index contributed by atoms with van der Waals surface area (Å²) in [6.45, 7) is 5.32. The van der Waals surface area contributed by atoms with E-state index in [-0.39, 0.29) is 11.9 Å². The number of nitrogens with zero attached hydrogens (tertiary/aromatic N) is 3. The Balaban J connectivity index is 1.44. The number of pyridine rings is 2. The Kier molecular flexibility index (Phi) is 4.66. The van der Waals surface area contributed by atoms with Crippen molar-refractivity contribution in [2.45, 2.75) is 19.9 Å². The molecule has 1 aliphatic rings. The topological polar surface area (TPSA) is 58.1 Å². The number of nitrogens with one attached hydrogen (secondary N) is 1. The minimum atomic E-state index is -0.0864. The van der Waals surface area contributed by atoms with Crippen LogP contribution in [0.1, 0.15) is 21.6 Å². The number of aromatic nitrogens is 2. The Hall–Kier alpha value is -2.37. The second kappa shape index (κ2) is 6.98. The summed E-state index contributed by atoms with van der Waals surface area (Å²) < 4.78 is 0.